The van der Waals surface area contributed by atoms with Gasteiger partial charge in [-0.2, -0.15) is 0 Å². The minimum Gasteiger partial charge on any atom is -0.497 e. The van der Waals surface area contributed by atoms with Crippen molar-refractivity contribution in [2.75, 3.05) is 13.7 Å². The van der Waals surface area contributed by atoms with E-state index in [-0.39, 0.29) is 6.04 Å². The molecule has 1 heterocycles. The van der Waals surface area contributed by atoms with Gasteiger partial charge in [0.2, 0.25) is 0 Å². The molecule has 1 saturated heterocycles. The summed E-state index contributed by atoms with van der Waals surface area (Å²) in [5, 5.41) is 0. The van der Waals surface area contributed by atoms with E-state index in [1.54, 1.807) is 7.11 Å². The molecule has 3 nitrogen and oxygen atoms in total. The van der Waals surface area contributed by atoms with E-state index in [1.807, 2.05) is 24.3 Å². The van der Waals surface area contributed by atoms with Crippen molar-refractivity contribution in [2.24, 2.45) is 11.7 Å². The smallest absolute Gasteiger partial charge is 0.118 e. The second-order valence-electron chi connectivity index (χ2n) is 4.44. The number of nitrogens with two attached hydrogens (primary N) is 1. The van der Waals surface area contributed by atoms with Crippen LogP contribution in [0.4, 0.5) is 0 Å². The van der Waals surface area contributed by atoms with Crippen LogP contribution in [0.15, 0.2) is 24.3 Å². The molecule has 0 amide bonds. The van der Waals surface area contributed by atoms with E-state index >= 15 is 0 Å². The Morgan fingerprint density at radius 2 is 2.06 bits per heavy atom. The minimum absolute atomic E-state index is 0.0656. The van der Waals surface area contributed by atoms with E-state index in [0.29, 0.717) is 12.0 Å². The fraction of sp³-hybridized carbons (Fsp3) is 0.538. The van der Waals surface area contributed by atoms with Gasteiger partial charge in [-0.1, -0.05) is 12.1 Å². The molecule has 1 aromatic carbocycles. The Kier molecular flexibility index (Phi) is 3.46. The number of hydrogen-bond acceptors (Lipinski definition) is 3. The summed E-state index contributed by atoms with van der Waals surface area (Å²) in [4.78, 5) is 0. The van der Waals surface area contributed by atoms with Crippen LogP contribution in [0.5, 0.6) is 5.75 Å². The maximum absolute atomic E-state index is 6.23. The third-order valence-corrected chi connectivity index (χ3v) is 3.24. The van der Waals surface area contributed by atoms with Gasteiger partial charge in [-0.05, 0) is 31.0 Å². The lowest BCUT2D eigenvalue weighted by Gasteiger charge is -2.18. The maximum atomic E-state index is 6.23. The number of rotatable bonds is 3. The van der Waals surface area contributed by atoms with Crippen LogP contribution >= 0.6 is 0 Å². The van der Waals surface area contributed by atoms with Gasteiger partial charge in [0, 0.05) is 12.0 Å². The lowest BCUT2D eigenvalue weighted by atomic mass is 9.92. The third-order valence-electron chi connectivity index (χ3n) is 3.24. The van der Waals surface area contributed by atoms with Crippen LogP contribution in [0.1, 0.15) is 24.9 Å². The van der Waals surface area contributed by atoms with Crippen molar-refractivity contribution >= 4 is 0 Å². The van der Waals surface area contributed by atoms with E-state index in [0.717, 1.165) is 24.3 Å². The summed E-state index contributed by atoms with van der Waals surface area (Å²) >= 11 is 0. The van der Waals surface area contributed by atoms with Gasteiger partial charge >= 0.3 is 0 Å². The molecule has 0 aromatic heterocycles. The maximum Gasteiger partial charge on any atom is 0.118 e. The Hall–Kier alpha value is -1.06. The van der Waals surface area contributed by atoms with Gasteiger partial charge in [0.05, 0.1) is 19.8 Å². The summed E-state index contributed by atoms with van der Waals surface area (Å²) in [6, 6.07) is 8.04. The first-order valence-electron chi connectivity index (χ1n) is 5.72. The molecule has 3 unspecified atom stereocenters. The van der Waals surface area contributed by atoms with Crippen molar-refractivity contribution in [1.82, 2.24) is 0 Å². The number of ether oxygens (including phenoxy) is 2. The normalized spacial score (nSPS) is 26.7. The molecule has 2 N–H and O–H groups in total. The monoisotopic (exact) mass is 221 g/mol. The van der Waals surface area contributed by atoms with E-state index in [1.165, 1.54) is 0 Å². The Bertz CT molecular complexity index is 336. The van der Waals surface area contributed by atoms with E-state index in [2.05, 4.69) is 6.92 Å². The van der Waals surface area contributed by atoms with Gasteiger partial charge in [0.1, 0.15) is 5.75 Å². The zero-order valence-electron chi connectivity index (χ0n) is 9.85. The lowest BCUT2D eigenvalue weighted by molar-refractivity contribution is 0.118. The molecule has 1 aliphatic rings. The highest BCUT2D eigenvalue weighted by Crippen LogP contribution is 2.30. The Morgan fingerprint density at radius 3 is 2.56 bits per heavy atom. The van der Waals surface area contributed by atoms with Crippen LogP contribution in [0.25, 0.3) is 0 Å². The fourth-order valence-corrected chi connectivity index (χ4v) is 2.20. The average molecular weight is 221 g/mol. The molecule has 1 aliphatic heterocycles. The molecule has 2 rings (SSSR count). The predicted octanol–water partition coefficient (Wildman–Crippen LogP) is 2.12. The van der Waals surface area contributed by atoms with Crippen molar-refractivity contribution in [1.29, 1.82) is 0 Å². The van der Waals surface area contributed by atoms with Crippen molar-refractivity contribution in [3.05, 3.63) is 29.8 Å². The van der Waals surface area contributed by atoms with Crippen LogP contribution in [-0.4, -0.2) is 19.8 Å². The van der Waals surface area contributed by atoms with Gasteiger partial charge in [-0.15, -0.1) is 0 Å². The van der Waals surface area contributed by atoms with Gasteiger partial charge in [0.15, 0.2) is 0 Å². The highest BCUT2D eigenvalue weighted by Gasteiger charge is 2.28. The van der Waals surface area contributed by atoms with E-state index in [4.69, 9.17) is 15.2 Å². The topological polar surface area (TPSA) is 44.5 Å². The predicted molar refractivity (Wildman–Crippen MR) is 63.4 cm³/mol. The van der Waals surface area contributed by atoms with Crippen LogP contribution in [0.3, 0.4) is 0 Å². The second-order valence-corrected chi connectivity index (χ2v) is 4.44. The zero-order chi connectivity index (χ0) is 11.5. The summed E-state index contributed by atoms with van der Waals surface area (Å²) < 4.78 is 10.7. The van der Waals surface area contributed by atoms with Gasteiger partial charge in [-0.3, -0.25) is 0 Å². The Morgan fingerprint density at radius 1 is 1.38 bits per heavy atom. The van der Waals surface area contributed by atoms with Crippen molar-refractivity contribution in [2.45, 2.75) is 25.5 Å². The van der Waals surface area contributed by atoms with Crippen molar-refractivity contribution < 1.29 is 9.47 Å². The van der Waals surface area contributed by atoms with Gasteiger partial charge in [-0.25, -0.2) is 0 Å². The summed E-state index contributed by atoms with van der Waals surface area (Å²) in [5.74, 6) is 1.30. The standard InChI is InChI=1S/C13H19NO2/c1-9-7-11(8-16-9)13(14)10-3-5-12(15-2)6-4-10/h3-6,9,11,13H,7-8,14H2,1-2H3. The first kappa shape index (κ1) is 11.4. The van der Waals surface area contributed by atoms with Gasteiger partial charge in [0.25, 0.3) is 0 Å². The highest BCUT2D eigenvalue weighted by atomic mass is 16.5. The molecule has 1 fully saturated rings. The quantitative estimate of drug-likeness (QED) is 0.850. The molecule has 1 aromatic rings. The molecular weight excluding hydrogens is 202 g/mol. The van der Waals surface area contributed by atoms with E-state index in [9.17, 15) is 0 Å². The number of hydrogen-bond donors (Lipinski definition) is 1. The Labute approximate surface area is 96.5 Å². The minimum atomic E-state index is 0.0656. The van der Waals surface area contributed by atoms with Crippen molar-refractivity contribution in [3.63, 3.8) is 0 Å². The van der Waals surface area contributed by atoms with Crippen molar-refractivity contribution in [3.8, 4) is 5.75 Å². The molecule has 0 saturated carbocycles. The molecule has 88 valence electrons. The molecule has 3 heteroatoms. The lowest BCUT2D eigenvalue weighted by Crippen LogP contribution is -2.21. The summed E-state index contributed by atoms with van der Waals surface area (Å²) in [5.41, 5.74) is 7.39. The molecule has 0 bridgehead atoms. The fourth-order valence-electron chi connectivity index (χ4n) is 2.20. The molecular formula is C13H19NO2. The largest absolute Gasteiger partial charge is 0.497 e. The summed E-state index contributed by atoms with van der Waals surface area (Å²) in [6.07, 6.45) is 1.39. The first-order valence-corrected chi connectivity index (χ1v) is 5.72. The average Bonchev–Trinajstić information content (AvgIpc) is 2.75. The second kappa shape index (κ2) is 4.85. The van der Waals surface area contributed by atoms with E-state index < -0.39 is 0 Å². The molecule has 0 radical (unpaired) electrons. The molecule has 16 heavy (non-hydrogen) atoms. The molecule has 0 spiro atoms. The summed E-state index contributed by atoms with van der Waals surface area (Å²) in [7, 11) is 1.67. The molecule has 0 aliphatic carbocycles. The number of methoxy groups -OCH3 is 1. The van der Waals surface area contributed by atoms with Crippen LogP contribution in [0, 0.1) is 5.92 Å². The van der Waals surface area contributed by atoms with Gasteiger partial charge < -0.3 is 15.2 Å². The zero-order valence-corrected chi connectivity index (χ0v) is 9.85. The SMILES string of the molecule is COc1ccc(C(N)C2COC(C)C2)cc1. The van der Waals surface area contributed by atoms with Crippen LogP contribution < -0.4 is 10.5 Å². The molecule has 3 atom stereocenters. The third kappa shape index (κ3) is 2.36. The van der Waals surface area contributed by atoms with Crippen LogP contribution in [0.2, 0.25) is 0 Å². The highest BCUT2D eigenvalue weighted by molar-refractivity contribution is 5.29. The number of benzene rings is 1. The summed E-state index contributed by atoms with van der Waals surface area (Å²) in [6.45, 7) is 2.87. The van der Waals surface area contributed by atoms with Crippen LogP contribution in [-0.2, 0) is 4.74 Å². The Balaban J connectivity index is 2.05. The first-order chi connectivity index (χ1) is 7.70.